The largest absolute Gasteiger partial charge is 0.506 e. The second-order valence-electron chi connectivity index (χ2n) is 5.54. The van der Waals surface area contributed by atoms with Gasteiger partial charge in [-0.25, -0.2) is 4.99 Å². The summed E-state index contributed by atoms with van der Waals surface area (Å²) in [5, 5.41) is 10.4. The van der Waals surface area contributed by atoms with Crippen LogP contribution in [0.4, 0.5) is 5.69 Å². The van der Waals surface area contributed by atoms with Crippen LogP contribution >= 0.6 is 43.6 Å². The summed E-state index contributed by atoms with van der Waals surface area (Å²) in [5.41, 5.74) is 2.78. The average molecular weight is 482 g/mol. The molecule has 1 aliphatic rings. The van der Waals surface area contributed by atoms with Gasteiger partial charge in [0.2, 0.25) is 0 Å². The lowest BCUT2D eigenvalue weighted by molar-refractivity contribution is -0.121. The Morgan fingerprint density at radius 1 is 1.16 bits per heavy atom. The van der Waals surface area contributed by atoms with Gasteiger partial charge in [-0.05, 0) is 86.5 Å². The summed E-state index contributed by atoms with van der Waals surface area (Å²) in [6, 6.07) is 11.4. The van der Waals surface area contributed by atoms with Crippen molar-refractivity contribution in [3.05, 3.63) is 61.4 Å². The molecule has 0 spiro atoms. The van der Waals surface area contributed by atoms with E-state index in [2.05, 4.69) is 36.9 Å². The number of nitrogens with zero attached hydrogens (tertiary/aromatic N) is 2. The Morgan fingerprint density at radius 2 is 1.76 bits per heavy atom. The maximum atomic E-state index is 12.5. The van der Waals surface area contributed by atoms with E-state index in [-0.39, 0.29) is 11.7 Å². The predicted molar refractivity (Wildman–Crippen MR) is 110 cm³/mol. The normalized spacial score (nSPS) is 17.8. The first kappa shape index (κ1) is 18.2. The molecule has 4 nitrogen and oxygen atoms in total. The van der Waals surface area contributed by atoms with E-state index in [4.69, 9.17) is 0 Å². The average Bonchev–Trinajstić information content (AvgIpc) is 2.83. The second kappa shape index (κ2) is 7.35. The lowest BCUT2D eigenvalue weighted by Crippen LogP contribution is -2.23. The van der Waals surface area contributed by atoms with Crippen molar-refractivity contribution in [2.45, 2.75) is 6.92 Å². The topological polar surface area (TPSA) is 52.9 Å². The Kier molecular flexibility index (Phi) is 5.36. The first-order chi connectivity index (χ1) is 11.8. The number of amidine groups is 1. The number of carbonyl (C=O) groups is 1. The summed E-state index contributed by atoms with van der Waals surface area (Å²) >= 11 is 7.93. The summed E-state index contributed by atoms with van der Waals surface area (Å²) in [4.78, 5) is 19.2. The third-order valence-corrected chi connectivity index (χ3v) is 5.87. The van der Waals surface area contributed by atoms with Gasteiger partial charge in [-0.3, -0.25) is 9.69 Å². The van der Waals surface area contributed by atoms with E-state index in [9.17, 15) is 9.90 Å². The van der Waals surface area contributed by atoms with Crippen LogP contribution in [-0.2, 0) is 4.79 Å². The maximum absolute atomic E-state index is 12.5. The number of hydrogen-bond acceptors (Lipinski definition) is 4. The second-order valence-corrected chi connectivity index (χ2v) is 8.26. The van der Waals surface area contributed by atoms with Gasteiger partial charge in [0.1, 0.15) is 5.75 Å². The Morgan fingerprint density at radius 3 is 2.36 bits per heavy atom. The van der Waals surface area contributed by atoms with Crippen LogP contribution in [0.5, 0.6) is 5.75 Å². The fourth-order valence-corrected chi connectivity index (χ4v) is 4.41. The molecule has 0 aliphatic carbocycles. The summed E-state index contributed by atoms with van der Waals surface area (Å²) in [7, 11) is 1.71. The number of aryl methyl sites for hydroxylation is 1. The van der Waals surface area contributed by atoms with Crippen LogP contribution in [0.15, 0.2) is 55.2 Å². The Balaban J connectivity index is 1.92. The smallest absolute Gasteiger partial charge is 0.266 e. The molecule has 7 heteroatoms. The molecule has 0 radical (unpaired) electrons. The summed E-state index contributed by atoms with van der Waals surface area (Å²) in [6.45, 7) is 2.02. The zero-order valence-electron chi connectivity index (χ0n) is 13.5. The molecule has 128 valence electrons. The van der Waals surface area contributed by atoms with Gasteiger partial charge in [0.15, 0.2) is 5.17 Å². The third kappa shape index (κ3) is 3.99. The first-order valence-electron chi connectivity index (χ1n) is 7.36. The van der Waals surface area contributed by atoms with E-state index >= 15 is 0 Å². The molecule has 0 aromatic heterocycles. The molecule has 2 aromatic rings. The molecule has 25 heavy (non-hydrogen) atoms. The molecule has 0 atom stereocenters. The first-order valence-corrected chi connectivity index (χ1v) is 9.76. The molecule has 1 saturated heterocycles. The fourth-order valence-electron chi connectivity index (χ4n) is 2.20. The lowest BCUT2D eigenvalue weighted by Gasteiger charge is -2.07. The summed E-state index contributed by atoms with van der Waals surface area (Å²) in [5.74, 6) is 0.0301. The number of likely N-dealkylation sites (N-methyl/N-ethyl adjacent to an activating group) is 1. The molecular formula is C18H14Br2N2O2S. The van der Waals surface area contributed by atoms with E-state index in [1.807, 2.05) is 31.2 Å². The van der Waals surface area contributed by atoms with E-state index < -0.39 is 0 Å². The Hall–Kier alpha value is -1.57. The van der Waals surface area contributed by atoms with E-state index in [0.29, 0.717) is 19.0 Å². The molecule has 0 bridgehead atoms. The highest BCUT2D eigenvalue weighted by molar-refractivity contribution is 9.11. The van der Waals surface area contributed by atoms with Crippen molar-refractivity contribution in [1.29, 1.82) is 0 Å². The number of aromatic hydroxyl groups is 1. The van der Waals surface area contributed by atoms with Crippen molar-refractivity contribution in [3.8, 4) is 5.75 Å². The molecule has 0 saturated carbocycles. The van der Waals surface area contributed by atoms with E-state index in [1.54, 1.807) is 30.2 Å². The highest BCUT2D eigenvalue weighted by Gasteiger charge is 2.30. The highest BCUT2D eigenvalue weighted by Crippen LogP contribution is 2.37. The summed E-state index contributed by atoms with van der Waals surface area (Å²) in [6.07, 6.45) is 1.79. The fraction of sp³-hybridized carbons (Fsp3) is 0.111. The van der Waals surface area contributed by atoms with Gasteiger partial charge >= 0.3 is 0 Å². The molecular weight excluding hydrogens is 468 g/mol. The summed E-state index contributed by atoms with van der Waals surface area (Å²) < 4.78 is 1.12. The van der Waals surface area contributed by atoms with Gasteiger partial charge < -0.3 is 5.11 Å². The number of thioether (sulfide) groups is 1. The number of halogens is 2. The zero-order chi connectivity index (χ0) is 18.1. The van der Waals surface area contributed by atoms with Crippen molar-refractivity contribution >= 4 is 66.5 Å². The molecule has 2 aromatic carbocycles. The Bertz CT molecular complexity index is 885. The molecule has 1 heterocycles. The van der Waals surface area contributed by atoms with Crippen LogP contribution in [0.1, 0.15) is 11.1 Å². The number of benzene rings is 2. The minimum Gasteiger partial charge on any atom is -0.506 e. The number of phenols is 1. The van der Waals surface area contributed by atoms with Crippen molar-refractivity contribution in [2.75, 3.05) is 7.05 Å². The number of hydrogen-bond donors (Lipinski definition) is 1. The van der Waals surface area contributed by atoms with Gasteiger partial charge in [-0.15, -0.1) is 0 Å². The van der Waals surface area contributed by atoms with E-state index in [1.165, 1.54) is 11.8 Å². The third-order valence-electron chi connectivity index (χ3n) is 3.60. The molecule has 1 fully saturated rings. The number of amides is 1. The van der Waals surface area contributed by atoms with Crippen LogP contribution < -0.4 is 0 Å². The van der Waals surface area contributed by atoms with Gasteiger partial charge in [-0.1, -0.05) is 17.7 Å². The van der Waals surface area contributed by atoms with Gasteiger partial charge in [0.05, 0.1) is 19.5 Å². The van der Waals surface area contributed by atoms with Gasteiger partial charge in [0.25, 0.3) is 5.91 Å². The SMILES string of the molecule is Cc1ccc(N=C2S/C(=C\c3cc(Br)c(O)c(Br)c3)C(=O)N2C)cc1. The monoisotopic (exact) mass is 480 g/mol. The minimum absolute atomic E-state index is 0.101. The van der Waals surface area contributed by atoms with E-state index in [0.717, 1.165) is 16.8 Å². The van der Waals surface area contributed by atoms with Crippen molar-refractivity contribution < 1.29 is 9.90 Å². The Labute approximate surface area is 166 Å². The number of phenolic OH excluding ortho intramolecular Hbond substituents is 1. The minimum atomic E-state index is -0.101. The standard InChI is InChI=1S/C18H14Br2N2O2S/c1-10-3-5-12(6-4-10)21-18-22(2)17(24)15(25-18)9-11-7-13(19)16(23)14(20)8-11/h3-9,23H,1-2H3/b15-9-,21-18?. The maximum Gasteiger partial charge on any atom is 0.266 e. The van der Waals surface area contributed by atoms with Crippen molar-refractivity contribution in [3.63, 3.8) is 0 Å². The van der Waals surface area contributed by atoms with Crippen molar-refractivity contribution in [2.24, 2.45) is 4.99 Å². The lowest BCUT2D eigenvalue weighted by atomic mass is 10.2. The van der Waals surface area contributed by atoms with Crippen LogP contribution in [0.3, 0.4) is 0 Å². The molecule has 1 amide bonds. The molecule has 1 N–H and O–H groups in total. The van der Waals surface area contributed by atoms with Gasteiger partial charge in [-0.2, -0.15) is 0 Å². The van der Waals surface area contributed by atoms with Crippen LogP contribution in [0, 0.1) is 6.92 Å². The molecule has 0 unspecified atom stereocenters. The van der Waals surface area contributed by atoms with Crippen molar-refractivity contribution in [1.82, 2.24) is 4.90 Å². The van der Waals surface area contributed by atoms with Crippen LogP contribution in [0.25, 0.3) is 6.08 Å². The van der Waals surface area contributed by atoms with Crippen LogP contribution in [-0.4, -0.2) is 28.1 Å². The van der Waals surface area contributed by atoms with Crippen LogP contribution in [0.2, 0.25) is 0 Å². The number of carbonyl (C=O) groups excluding carboxylic acids is 1. The quantitative estimate of drug-likeness (QED) is 0.579. The van der Waals surface area contributed by atoms with Gasteiger partial charge in [0, 0.05) is 7.05 Å². The number of aliphatic imine (C=N–C) groups is 1. The molecule has 1 aliphatic heterocycles. The molecule has 3 rings (SSSR count). The number of rotatable bonds is 2. The predicted octanol–water partition coefficient (Wildman–Crippen LogP) is 5.46. The zero-order valence-corrected chi connectivity index (χ0v) is 17.4. The highest BCUT2D eigenvalue weighted by atomic mass is 79.9.